The van der Waals surface area contributed by atoms with Crippen molar-refractivity contribution in [1.82, 2.24) is 4.90 Å². The number of nitrogens with two attached hydrogens (primary N) is 1. The number of esters is 2. The molecule has 1 heterocycles. The van der Waals surface area contributed by atoms with E-state index in [0.29, 0.717) is 10.7 Å². The van der Waals surface area contributed by atoms with Gasteiger partial charge in [-0.3, -0.25) is 14.4 Å². The summed E-state index contributed by atoms with van der Waals surface area (Å²) < 4.78 is 11.0. The van der Waals surface area contributed by atoms with Crippen LogP contribution in [0.1, 0.15) is 24.2 Å². The Bertz CT molecular complexity index is 1260. The van der Waals surface area contributed by atoms with Crippen LogP contribution < -0.4 is 15.2 Å². The molecule has 12 heteroatoms. The maximum atomic E-state index is 12.9. The minimum absolute atomic E-state index is 0.0863. The zero-order valence-electron chi connectivity index (χ0n) is 18.2. The molecular weight excluding hydrogens is 468 g/mol. The zero-order valence-corrected chi connectivity index (χ0v) is 19.0. The summed E-state index contributed by atoms with van der Waals surface area (Å²) in [6.07, 6.45) is 0. The molecule has 0 unspecified atom stereocenters. The number of ether oxygens (including phenoxy) is 2. The Labute approximate surface area is 198 Å². The molecule has 0 saturated carbocycles. The van der Waals surface area contributed by atoms with Gasteiger partial charge in [0.15, 0.2) is 0 Å². The van der Waals surface area contributed by atoms with Gasteiger partial charge < -0.3 is 15.2 Å². The first-order valence-electron chi connectivity index (χ1n) is 9.63. The highest BCUT2D eigenvalue weighted by atomic mass is 35.5. The van der Waals surface area contributed by atoms with Crippen LogP contribution in [0.25, 0.3) is 0 Å². The lowest BCUT2D eigenvalue weighted by molar-refractivity contribution is -0.342. The molecule has 0 bridgehead atoms. The normalized spacial score (nSPS) is 14.9. The molecule has 11 nitrogen and oxygen atoms in total. The summed E-state index contributed by atoms with van der Waals surface area (Å²) in [7, 11) is 1.21. The van der Waals surface area contributed by atoms with Crippen molar-refractivity contribution >= 4 is 58.6 Å². The van der Waals surface area contributed by atoms with E-state index in [1.54, 1.807) is 0 Å². The van der Waals surface area contributed by atoms with E-state index < -0.39 is 35.5 Å². The second-order valence-corrected chi connectivity index (χ2v) is 7.43. The Kier molecular flexibility index (Phi) is 6.87. The van der Waals surface area contributed by atoms with Crippen molar-refractivity contribution in [2.45, 2.75) is 13.8 Å². The van der Waals surface area contributed by atoms with Gasteiger partial charge in [-0.25, -0.2) is 9.59 Å². The number of halogens is 1. The number of carbonyl (C=O) groups is 5. The number of hydrogen-bond donors (Lipinski definition) is 1. The Hall–Kier alpha value is -4.38. The van der Waals surface area contributed by atoms with Crippen LogP contribution in [0, 0.1) is 0 Å². The van der Waals surface area contributed by atoms with E-state index in [0.717, 1.165) is 23.3 Å². The Morgan fingerprint density at radius 1 is 0.971 bits per heavy atom. The smallest absolute Gasteiger partial charge is 0.427 e. The van der Waals surface area contributed by atoms with Gasteiger partial charge in [0.1, 0.15) is 17.2 Å². The standard InChI is InChI=1S/C22H17ClN4O7/c1-11(28)33-16-8-13(9-17(10-16)34-12(2)29)20(30)25-18-19(24)27(22(32)26(3)21(18)31)15-6-4-14(23)5-7-15/h4-10,24H,1-3H3/p+1. The van der Waals surface area contributed by atoms with Crippen LogP contribution in [-0.2, 0) is 14.4 Å². The van der Waals surface area contributed by atoms with Crippen molar-refractivity contribution in [3.63, 3.8) is 0 Å². The van der Waals surface area contributed by atoms with Crippen molar-refractivity contribution < 1.29 is 38.0 Å². The second kappa shape index (κ2) is 9.63. The van der Waals surface area contributed by atoms with Crippen LogP contribution in [0.4, 0.5) is 10.5 Å². The third-order valence-corrected chi connectivity index (χ3v) is 4.67. The number of benzene rings is 2. The molecule has 2 N–H and O–H groups in total. The lowest BCUT2D eigenvalue weighted by atomic mass is 10.1. The van der Waals surface area contributed by atoms with Crippen molar-refractivity contribution in [1.29, 1.82) is 0 Å². The molecule has 1 aliphatic heterocycles. The van der Waals surface area contributed by atoms with E-state index in [1.165, 1.54) is 49.5 Å². The maximum Gasteiger partial charge on any atom is 0.451 e. The van der Waals surface area contributed by atoms with E-state index in [-0.39, 0.29) is 22.9 Å². The van der Waals surface area contributed by atoms with E-state index >= 15 is 0 Å². The van der Waals surface area contributed by atoms with Gasteiger partial charge in [-0.15, -0.1) is 0 Å². The highest BCUT2D eigenvalue weighted by molar-refractivity contribution is 6.68. The van der Waals surface area contributed by atoms with Gasteiger partial charge in [0.2, 0.25) is 5.71 Å². The maximum absolute atomic E-state index is 12.9. The molecule has 4 amide bonds. The first-order valence-corrected chi connectivity index (χ1v) is 10.0. The van der Waals surface area contributed by atoms with Crippen LogP contribution in [0.2, 0.25) is 5.02 Å². The van der Waals surface area contributed by atoms with Gasteiger partial charge in [0.25, 0.3) is 11.7 Å². The molecule has 1 aliphatic rings. The number of nitrogens with zero attached hydrogens (tertiary/aromatic N) is 3. The molecule has 3 rings (SSSR count). The predicted octanol–water partition coefficient (Wildman–Crippen LogP) is 2.07. The average Bonchev–Trinajstić information content (AvgIpc) is 2.75. The number of urea groups is 1. The minimum Gasteiger partial charge on any atom is -0.427 e. The van der Waals surface area contributed by atoms with Gasteiger partial charge in [0.05, 0.1) is 7.05 Å². The Morgan fingerprint density at radius 2 is 1.50 bits per heavy atom. The van der Waals surface area contributed by atoms with Crippen LogP contribution in [-0.4, -0.2) is 57.9 Å². The fraction of sp³-hybridized carbons (Fsp3) is 0.136. The fourth-order valence-electron chi connectivity index (χ4n) is 2.97. The summed E-state index contributed by atoms with van der Waals surface area (Å²) in [5.41, 5.74) is 5.71. The lowest BCUT2D eigenvalue weighted by Gasteiger charge is -2.20. The lowest BCUT2D eigenvalue weighted by Crippen LogP contribution is -2.55. The summed E-state index contributed by atoms with van der Waals surface area (Å²) in [6.45, 7) is 2.30. The number of aliphatic imine (C=N–C) groups is 1. The molecule has 0 fully saturated rings. The van der Waals surface area contributed by atoms with Crippen LogP contribution in [0.15, 0.2) is 47.5 Å². The van der Waals surface area contributed by atoms with Crippen LogP contribution in [0.3, 0.4) is 0 Å². The van der Waals surface area contributed by atoms with Gasteiger partial charge in [-0.2, -0.15) is 14.5 Å². The number of amidine groups is 1. The Balaban J connectivity index is 2.11. The molecule has 0 spiro atoms. The van der Waals surface area contributed by atoms with E-state index in [1.807, 2.05) is 0 Å². The molecule has 174 valence electrons. The molecule has 0 atom stereocenters. The van der Waals surface area contributed by atoms with Crippen molar-refractivity contribution in [2.75, 3.05) is 7.05 Å². The van der Waals surface area contributed by atoms with Crippen LogP contribution >= 0.6 is 11.6 Å². The molecule has 2 aromatic carbocycles. The third kappa shape index (κ3) is 5.15. The van der Waals surface area contributed by atoms with E-state index in [9.17, 15) is 24.0 Å². The summed E-state index contributed by atoms with van der Waals surface area (Å²) in [5, 5.41) is 0.413. The number of carbonyl (C=O) groups excluding carboxylic acids is 5. The Morgan fingerprint density at radius 3 is 2.00 bits per heavy atom. The SMILES string of the molecule is CC(=O)Oc1cc(OC(C)=O)cc(C(=O)N=C2C(=O)N(C)C(=O)[N+](c3ccc(Cl)cc3)=C2N)c1. The summed E-state index contributed by atoms with van der Waals surface area (Å²) in [5.74, 6) is -3.77. The van der Waals surface area contributed by atoms with Gasteiger partial charge in [-0.05, 0) is 36.4 Å². The summed E-state index contributed by atoms with van der Waals surface area (Å²) >= 11 is 5.89. The number of rotatable bonds is 4. The molecule has 0 aliphatic carbocycles. The minimum atomic E-state index is -0.965. The molecule has 34 heavy (non-hydrogen) atoms. The van der Waals surface area contributed by atoms with Crippen molar-refractivity contribution in [2.24, 2.45) is 10.7 Å². The molecule has 2 aromatic rings. The largest absolute Gasteiger partial charge is 0.451 e. The fourth-order valence-corrected chi connectivity index (χ4v) is 3.10. The third-order valence-electron chi connectivity index (χ3n) is 4.42. The number of hydrogen-bond acceptors (Lipinski definition) is 8. The van der Waals surface area contributed by atoms with Gasteiger partial charge >= 0.3 is 23.9 Å². The zero-order chi connectivity index (χ0) is 25.2. The summed E-state index contributed by atoms with van der Waals surface area (Å²) in [6, 6.07) is 8.87. The highest BCUT2D eigenvalue weighted by Gasteiger charge is 2.42. The second-order valence-electron chi connectivity index (χ2n) is 6.99. The van der Waals surface area contributed by atoms with Gasteiger partial charge in [-0.1, -0.05) is 11.6 Å². The van der Waals surface area contributed by atoms with Crippen molar-refractivity contribution in [3.05, 3.63) is 53.1 Å². The molecule has 0 aromatic heterocycles. The first-order chi connectivity index (χ1) is 16.0. The molecular formula is C22H18ClN4O7+. The number of amides is 4. The topological polar surface area (TPSA) is 148 Å². The predicted molar refractivity (Wildman–Crippen MR) is 120 cm³/mol. The van der Waals surface area contributed by atoms with Gasteiger partial charge in [0, 0.05) is 30.5 Å². The number of imide groups is 1. The van der Waals surface area contributed by atoms with Crippen LogP contribution in [0.5, 0.6) is 11.5 Å². The van der Waals surface area contributed by atoms with E-state index in [2.05, 4.69) is 4.99 Å². The van der Waals surface area contributed by atoms with Crippen molar-refractivity contribution in [3.8, 4) is 11.5 Å². The molecule has 0 saturated heterocycles. The summed E-state index contributed by atoms with van der Waals surface area (Å²) in [4.78, 5) is 65.5. The first kappa shape index (κ1) is 24.3. The molecule has 0 radical (unpaired) electrons. The highest BCUT2D eigenvalue weighted by Crippen LogP contribution is 2.25. The monoisotopic (exact) mass is 485 g/mol. The quantitative estimate of drug-likeness (QED) is 0.393. The van der Waals surface area contributed by atoms with E-state index in [4.69, 9.17) is 26.8 Å². The average molecular weight is 486 g/mol.